The smallest absolute Gasteiger partial charge is 0.344 e. The topological polar surface area (TPSA) is 35.5 Å². The van der Waals surface area contributed by atoms with E-state index in [4.69, 9.17) is 9.47 Å². The van der Waals surface area contributed by atoms with Crippen LogP contribution in [-0.2, 0) is 9.53 Å². The summed E-state index contributed by atoms with van der Waals surface area (Å²) < 4.78 is 11.9. The first-order chi connectivity index (χ1) is 10.8. The van der Waals surface area contributed by atoms with Gasteiger partial charge >= 0.3 is 5.97 Å². The van der Waals surface area contributed by atoms with E-state index in [9.17, 15) is 4.79 Å². The minimum atomic E-state index is -0.306. The molecule has 0 amide bonds. The van der Waals surface area contributed by atoms with Crippen molar-refractivity contribution in [2.45, 2.75) is 40.5 Å². The number of carbonyl (C=O) groups excluding carboxylic acids is 1. The molecule has 130 valence electrons. The summed E-state index contributed by atoms with van der Waals surface area (Å²) in [4.78, 5) is 11.9. The number of quaternary nitrogens is 1. The van der Waals surface area contributed by atoms with Gasteiger partial charge in [-0.05, 0) is 43.9 Å². The van der Waals surface area contributed by atoms with Crippen LogP contribution in [0.25, 0.3) is 0 Å². The predicted octanol–water partition coefficient (Wildman–Crippen LogP) is 3.53. The van der Waals surface area contributed by atoms with E-state index >= 15 is 0 Å². The van der Waals surface area contributed by atoms with Crippen molar-refractivity contribution in [3.63, 3.8) is 0 Å². The maximum Gasteiger partial charge on any atom is 0.344 e. The second kappa shape index (κ2) is 8.92. The predicted molar refractivity (Wildman–Crippen MR) is 93.9 cm³/mol. The van der Waals surface area contributed by atoms with Crippen LogP contribution in [-0.4, -0.2) is 50.3 Å². The third-order valence-electron chi connectivity index (χ3n) is 4.56. The van der Waals surface area contributed by atoms with Gasteiger partial charge in [0.2, 0.25) is 0 Å². The van der Waals surface area contributed by atoms with E-state index in [1.54, 1.807) is 0 Å². The second-order valence-electron chi connectivity index (χ2n) is 6.68. The fourth-order valence-corrected chi connectivity index (χ4v) is 2.34. The van der Waals surface area contributed by atoms with Crippen molar-refractivity contribution in [2.75, 3.05) is 39.9 Å². The molecule has 0 atom stereocenters. The quantitative estimate of drug-likeness (QED) is 0.515. The molecular weight excluding hydrogens is 290 g/mol. The van der Waals surface area contributed by atoms with Gasteiger partial charge in [0.25, 0.3) is 0 Å². The summed E-state index contributed by atoms with van der Waals surface area (Å²) in [6, 6.07) is 6.10. The molecule has 23 heavy (non-hydrogen) atoms. The van der Waals surface area contributed by atoms with Gasteiger partial charge in [0.05, 0.1) is 20.1 Å². The standard InChI is InChI=1S/C19H32NO3/c1-7-20(6,8-2)11-12-22-19(21)14-23-18-13-16(5)9-10-17(18)15(3)4/h9-10,13,15H,7-8,11-12,14H2,1-6H3/q+1. The summed E-state index contributed by atoms with van der Waals surface area (Å²) in [5, 5.41) is 0. The maximum atomic E-state index is 11.9. The Bertz CT molecular complexity index is 507. The number of benzene rings is 1. The van der Waals surface area contributed by atoms with E-state index in [-0.39, 0.29) is 12.6 Å². The Hall–Kier alpha value is -1.55. The Morgan fingerprint density at radius 2 is 1.87 bits per heavy atom. The normalized spacial score (nSPS) is 11.6. The van der Waals surface area contributed by atoms with Crippen LogP contribution in [0.2, 0.25) is 0 Å². The number of likely N-dealkylation sites (N-methyl/N-ethyl adjacent to an activating group) is 1. The Labute approximate surface area is 141 Å². The van der Waals surface area contributed by atoms with Gasteiger partial charge in [0, 0.05) is 0 Å². The van der Waals surface area contributed by atoms with Crippen LogP contribution in [0.4, 0.5) is 0 Å². The van der Waals surface area contributed by atoms with Gasteiger partial charge in [0.1, 0.15) is 18.9 Å². The van der Waals surface area contributed by atoms with E-state index in [1.807, 2.05) is 13.0 Å². The lowest BCUT2D eigenvalue weighted by atomic mass is 10.0. The minimum Gasteiger partial charge on any atom is -0.482 e. The molecule has 0 spiro atoms. The number of hydrogen-bond donors (Lipinski definition) is 0. The van der Waals surface area contributed by atoms with Crippen LogP contribution < -0.4 is 4.74 Å². The second-order valence-corrected chi connectivity index (χ2v) is 6.68. The monoisotopic (exact) mass is 322 g/mol. The van der Waals surface area contributed by atoms with Crippen LogP contribution in [0.15, 0.2) is 18.2 Å². The summed E-state index contributed by atoms with van der Waals surface area (Å²) >= 11 is 0. The molecule has 0 saturated heterocycles. The SMILES string of the molecule is CC[N+](C)(CC)CCOC(=O)COc1cc(C)ccc1C(C)C. The Morgan fingerprint density at radius 1 is 1.22 bits per heavy atom. The van der Waals surface area contributed by atoms with Gasteiger partial charge in [-0.15, -0.1) is 0 Å². The Morgan fingerprint density at radius 3 is 2.43 bits per heavy atom. The minimum absolute atomic E-state index is 0.0366. The maximum absolute atomic E-state index is 11.9. The number of rotatable bonds is 9. The number of esters is 1. The molecule has 0 fully saturated rings. The van der Waals surface area contributed by atoms with Gasteiger partial charge < -0.3 is 14.0 Å². The number of nitrogens with zero attached hydrogens (tertiary/aromatic N) is 1. The summed E-state index contributed by atoms with van der Waals surface area (Å²) in [6.45, 7) is 13.9. The molecule has 1 rings (SSSR count). The fraction of sp³-hybridized carbons (Fsp3) is 0.632. The highest BCUT2D eigenvalue weighted by molar-refractivity contribution is 5.71. The van der Waals surface area contributed by atoms with Crippen molar-refractivity contribution >= 4 is 5.97 Å². The highest BCUT2D eigenvalue weighted by atomic mass is 16.6. The molecule has 0 aliphatic rings. The third kappa shape index (κ3) is 6.22. The number of ether oxygens (including phenoxy) is 2. The average Bonchev–Trinajstić information content (AvgIpc) is 2.52. The van der Waals surface area contributed by atoms with E-state index in [0.717, 1.165) is 41.0 Å². The lowest BCUT2D eigenvalue weighted by Gasteiger charge is -2.31. The van der Waals surface area contributed by atoms with Crippen molar-refractivity contribution in [3.05, 3.63) is 29.3 Å². The van der Waals surface area contributed by atoms with Crippen LogP contribution in [0, 0.1) is 6.92 Å². The summed E-state index contributed by atoms with van der Waals surface area (Å²) in [5.74, 6) is 0.827. The zero-order valence-electron chi connectivity index (χ0n) is 15.5. The van der Waals surface area contributed by atoms with E-state index in [1.165, 1.54) is 0 Å². The van der Waals surface area contributed by atoms with Gasteiger partial charge in [-0.25, -0.2) is 4.79 Å². The van der Waals surface area contributed by atoms with Gasteiger partial charge in [-0.1, -0.05) is 26.0 Å². The molecule has 0 radical (unpaired) electrons. The molecular formula is C19H32NO3+. The molecule has 0 aromatic heterocycles. The fourth-order valence-electron chi connectivity index (χ4n) is 2.34. The van der Waals surface area contributed by atoms with Crippen LogP contribution in [0.3, 0.4) is 0 Å². The van der Waals surface area contributed by atoms with E-state index < -0.39 is 0 Å². The summed E-state index contributed by atoms with van der Waals surface area (Å²) in [5.41, 5.74) is 2.24. The summed E-state index contributed by atoms with van der Waals surface area (Å²) in [7, 11) is 2.17. The lowest BCUT2D eigenvalue weighted by Crippen LogP contribution is -2.46. The molecule has 0 heterocycles. The first kappa shape index (κ1) is 19.5. The summed E-state index contributed by atoms with van der Waals surface area (Å²) in [6.07, 6.45) is 0. The molecule has 4 nitrogen and oxygen atoms in total. The number of carbonyl (C=O) groups is 1. The molecule has 0 aliphatic heterocycles. The number of hydrogen-bond acceptors (Lipinski definition) is 3. The van der Waals surface area contributed by atoms with Crippen molar-refractivity contribution < 1.29 is 18.8 Å². The third-order valence-corrected chi connectivity index (χ3v) is 4.56. The molecule has 0 N–H and O–H groups in total. The number of aryl methyl sites for hydroxylation is 1. The van der Waals surface area contributed by atoms with Crippen LogP contribution in [0.5, 0.6) is 5.75 Å². The van der Waals surface area contributed by atoms with E-state index in [0.29, 0.717) is 12.5 Å². The Kier molecular flexibility index (Phi) is 7.56. The molecule has 0 bridgehead atoms. The van der Waals surface area contributed by atoms with Gasteiger partial charge in [-0.2, -0.15) is 0 Å². The van der Waals surface area contributed by atoms with Crippen molar-refractivity contribution in [2.24, 2.45) is 0 Å². The first-order valence-electron chi connectivity index (χ1n) is 8.53. The van der Waals surface area contributed by atoms with Crippen LogP contribution in [0.1, 0.15) is 44.7 Å². The first-order valence-corrected chi connectivity index (χ1v) is 8.53. The van der Waals surface area contributed by atoms with Crippen molar-refractivity contribution in [1.82, 2.24) is 0 Å². The van der Waals surface area contributed by atoms with Crippen LogP contribution >= 0.6 is 0 Å². The molecule has 1 aromatic carbocycles. The molecule has 0 unspecified atom stereocenters. The van der Waals surface area contributed by atoms with Crippen molar-refractivity contribution in [3.8, 4) is 5.75 Å². The zero-order chi connectivity index (χ0) is 17.5. The zero-order valence-corrected chi connectivity index (χ0v) is 15.5. The highest BCUT2D eigenvalue weighted by Gasteiger charge is 2.17. The average molecular weight is 322 g/mol. The van der Waals surface area contributed by atoms with Gasteiger partial charge in [0.15, 0.2) is 6.61 Å². The van der Waals surface area contributed by atoms with Gasteiger partial charge in [-0.3, -0.25) is 0 Å². The lowest BCUT2D eigenvalue weighted by molar-refractivity contribution is -0.906. The molecule has 0 aliphatic carbocycles. The molecule has 1 aromatic rings. The molecule has 4 heteroatoms. The largest absolute Gasteiger partial charge is 0.482 e. The Balaban J connectivity index is 2.49. The van der Waals surface area contributed by atoms with Crippen molar-refractivity contribution in [1.29, 1.82) is 0 Å². The highest BCUT2D eigenvalue weighted by Crippen LogP contribution is 2.27. The van der Waals surface area contributed by atoms with E-state index in [2.05, 4.69) is 46.9 Å². The molecule has 0 saturated carbocycles.